The van der Waals surface area contributed by atoms with Crippen molar-refractivity contribution in [3.63, 3.8) is 0 Å². The third kappa shape index (κ3) is 5.96. The quantitative estimate of drug-likeness (QED) is 0.280. The minimum atomic E-state index is -0.360. The highest BCUT2D eigenvalue weighted by atomic mass is 32.2. The van der Waals surface area contributed by atoms with Crippen LogP contribution in [0.5, 0.6) is 5.75 Å². The number of hydrogen-bond acceptors (Lipinski definition) is 6. The Morgan fingerprint density at radius 3 is 2.70 bits per heavy atom. The van der Waals surface area contributed by atoms with Crippen LogP contribution in [0.1, 0.15) is 19.8 Å². The molecule has 8 heteroatoms. The first-order valence-electron chi connectivity index (χ1n) is 9.69. The van der Waals surface area contributed by atoms with Crippen molar-refractivity contribution < 1.29 is 19.1 Å². The molecule has 0 unspecified atom stereocenters. The number of aromatic nitrogens is 1. The van der Waals surface area contributed by atoms with Crippen LogP contribution in [0.4, 0.5) is 0 Å². The maximum Gasteiger partial charge on any atom is 0.326 e. The third-order valence-corrected chi connectivity index (χ3v) is 6.39. The van der Waals surface area contributed by atoms with E-state index < -0.39 is 0 Å². The number of ether oxygens (including phenoxy) is 2. The second-order valence-electron chi connectivity index (χ2n) is 6.38. The van der Waals surface area contributed by atoms with Gasteiger partial charge in [-0.05, 0) is 49.4 Å². The summed E-state index contributed by atoms with van der Waals surface area (Å²) in [7, 11) is 1.60. The van der Waals surface area contributed by atoms with E-state index >= 15 is 0 Å². The molecule has 1 heterocycles. The van der Waals surface area contributed by atoms with Gasteiger partial charge in [-0.15, -0.1) is 11.8 Å². The maximum atomic E-state index is 12.5. The Hall–Kier alpha value is -2.58. The minimum absolute atomic E-state index is 0.0101. The molecule has 1 amide bonds. The number of thioether (sulfide) groups is 1. The number of carbonyl (C=O) groups is 2. The molecule has 3 aromatic rings. The van der Waals surface area contributed by atoms with Gasteiger partial charge in [0.15, 0.2) is 4.80 Å². The molecular formula is C22H24N2O4S2. The van der Waals surface area contributed by atoms with Gasteiger partial charge in [0, 0.05) is 11.3 Å². The molecule has 0 spiro atoms. The number of hydrogen-bond donors (Lipinski definition) is 0. The number of thiazole rings is 1. The lowest BCUT2D eigenvalue weighted by Crippen LogP contribution is -2.23. The number of fused-ring (bicyclic) bond motifs is 1. The van der Waals surface area contributed by atoms with Crippen LogP contribution < -0.4 is 9.54 Å². The molecule has 6 nitrogen and oxygen atoms in total. The lowest BCUT2D eigenvalue weighted by molar-refractivity contribution is -0.143. The van der Waals surface area contributed by atoms with Crippen molar-refractivity contribution in [1.29, 1.82) is 0 Å². The van der Waals surface area contributed by atoms with Gasteiger partial charge in [-0.25, -0.2) is 0 Å². The zero-order chi connectivity index (χ0) is 21.3. The second kappa shape index (κ2) is 11.0. The molecule has 0 bridgehead atoms. The van der Waals surface area contributed by atoms with E-state index in [9.17, 15) is 9.59 Å². The van der Waals surface area contributed by atoms with E-state index in [0.29, 0.717) is 23.6 Å². The van der Waals surface area contributed by atoms with Crippen LogP contribution in [0.25, 0.3) is 10.2 Å². The summed E-state index contributed by atoms with van der Waals surface area (Å²) in [5.74, 6) is 1.00. The fraction of sp³-hybridized carbons (Fsp3) is 0.318. The zero-order valence-electron chi connectivity index (χ0n) is 17.0. The van der Waals surface area contributed by atoms with Gasteiger partial charge < -0.3 is 14.0 Å². The second-order valence-corrected chi connectivity index (χ2v) is 8.56. The number of esters is 1. The molecule has 0 radical (unpaired) electrons. The first-order valence-corrected chi connectivity index (χ1v) is 11.5. The molecule has 0 saturated carbocycles. The lowest BCUT2D eigenvalue weighted by Gasteiger charge is -2.05. The molecular weight excluding hydrogens is 420 g/mol. The highest BCUT2D eigenvalue weighted by molar-refractivity contribution is 7.99. The Morgan fingerprint density at radius 2 is 1.97 bits per heavy atom. The Bertz CT molecular complexity index is 1070. The molecule has 2 aromatic carbocycles. The van der Waals surface area contributed by atoms with E-state index in [1.165, 1.54) is 16.2 Å². The van der Waals surface area contributed by atoms with Gasteiger partial charge in [-0.1, -0.05) is 29.5 Å². The first kappa shape index (κ1) is 22.1. The van der Waals surface area contributed by atoms with Crippen LogP contribution in [-0.4, -0.2) is 35.9 Å². The van der Waals surface area contributed by atoms with Gasteiger partial charge in [0.25, 0.3) is 0 Å². The molecule has 158 valence electrons. The number of amides is 1. The molecule has 0 aliphatic carbocycles. The average Bonchev–Trinajstić information content (AvgIpc) is 3.08. The predicted molar refractivity (Wildman–Crippen MR) is 120 cm³/mol. The lowest BCUT2D eigenvalue weighted by atomic mass is 10.3. The monoisotopic (exact) mass is 444 g/mol. The van der Waals surface area contributed by atoms with Crippen molar-refractivity contribution in [3.05, 3.63) is 53.3 Å². The van der Waals surface area contributed by atoms with Crippen LogP contribution in [0, 0.1) is 0 Å². The molecule has 0 aliphatic rings. The van der Waals surface area contributed by atoms with Crippen LogP contribution in [0.2, 0.25) is 0 Å². The zero-order valence-corrected chi connectivity index (χ0v) is 18.6. The average molecular weight is 445 g/mol. The summed E-state index contributed by atoms with van der Waals surface area (Å²) in [6, 6.07) is 15.7. The van der Waals surface area contributed by atoms with Crippen LogP contribution in [-0.2, 0) is 20.9 Å². The molecule has 30 heavy (non-hydrogen) atoms. The molecule has 0 atom stereocenters. The minimum Gasteiger partial charge on any atom is -0.497 e. The Morgan fingerprint density at radius 1 is 1.17 bits per heavy atom. The van der Waals surface area contributed by atoms with Gasteiger partial charge in [-0.3, -0.25) is 9.59 Å². The number of benzene rings is 2. The Kier molecular flexibility index (Phi) is 8.10. The summed E-state index contributed by atoms with van der Waals surface area (Å²) in [6.45, 7) is 2.08. The van der Waals surface area contributed by atoms with Crippen molar-refractivity contribution >= 4 is 45.2 Å². The summed E-state index contributed by atoms with van der Waals surface area (Å²) >= 11 is 3.08. The van der Waals surface area contributed by atoms with Crippen molar-refractivity contribution in [2.45, 2.75) is 31.2 Å². The van der Waals surface area contributed by atoms with Crippen molar-refractivity contribution in [2.24, 2.45) is 4.99 Å². The highest BCUT2D eigenvalue weighted by Crippen LogP contribution is 2.23. The molecule has 0 saturated heterocycles. The Balaban J connectivity index is 1.75. The number of methoxy groups -OCH3 is 1. The van der Waals surface area contributed by atoms with Crippen LogP contribution >= 0.6 is 23.1 Å². The van der Waals surface area contributed by atoms with Crippen LogP contribution in [0.15, 0.2) is 58.4 Å². The molecule has 0 fully saturated rings. The first-order chi connectivity index (χ1) is 14.6. The predicted octanol–water partition coefficient (Wildman–Crippen LogP) is 4.27. The van der Waals surface area contributed by atoms with Gasteiger partial charge >= 0.3 is 5.97 Å². The summed E-state index contributed by atoms with van der Waals surface area (Å²) in [4.78, 5) is 30.5. The van der Waals surface area contributed by atoms with E-state index in [0.717, 1.165) is 22.4 Å². The summed E-state index contributed by atoms with van der Waals surface area (Å²) in [5, 5.41) is 0. The number of nitrogens with zero attached hydrogens (tertiary/aromatic N) is 2. The van der Waals surface area contributed by atoms with Crippen molar-refractivity contribution in [2.75, 3.05) is 19.5 Å². The molecule has 0 N–H and O–H groups in total. The summed E-state index contributed by atoms with van der Waals surface area (Å²) in [6.07, 6.45) is 1.09. The van der Waals surface area contributed by atoms with E-state index in [2.05, 4.69) is 17.1 Å². The third-order valence-electron chi connectivity index (χ3n) is 4.25. The number of rotatable bonds is 9. The fourth-order valence-corrected chi connectivity index (χ4v) is 4.80. The SMILES string of the molecule is CCOC(=O)Cn1c(=NC(=O)CCCSc2ccccc2)sc2cc(OC)ccc21. The molecule has 1 aromatic heterocycles. The molecule has 3 rings (SSSR count). The summed E-state index contributed by atoms with van der Waals surface area (Å²) in [5.41, 5.74) is 0.819. The van der Waals surface area contributed by atoms with E-state index in [1.807, 2.05) is 36.4 Å². The smallest absolute Gasteiger partial charge is 0.326 e. The standard InChI is InChI=1S/C22H24N2O4S2/c1-3-28-21(26)15-24-18-12-11-16(27-2)14-19(18)30-22(24)23-20(25)10-7-13-29-17-8-5-4-6-9-17/h4-6,8-9,11-12,14H,3,7,10,13,15H2,1-2H3. The van der Waals surface area contributed by atoms with Crippen molar-refractivity contribution in [3.8, 4) is 5.75 Å². The molecule has 0 aliphatic heterocycles. The van der Waals surface area contributed by atoms with Gasteiger partial charge in [0.1, 0.15) is 12.3 Å². The van der Waals surface area contributed by atoms with Crippen LogP contribution in [0.3, 0.4) is 0 Å². The van der Waals surface area contributed by atoms with E-state index in [-0.39, 0.29) is 18.4 Å². The van der Waals surface area contributed by atoms with Crippen molar-refractivity contribution in [1.82, 2.24) is 4.57 Å². The normalized spacial score (nSPS) is 11.6. The largest absolute Gasteiger partial charge is 0.497 e. The van der Waals surface area contributed by atoms with Gasteiger partial charge in [-0.2, -0.15) is 4.99 Å². The maximum absolute atomic E-state index is 12.5. The summed E-state index contributed by atoms with van der Waals surface area (Å²) < 4.78 is 13.0. The van der Waals surface area contributed by atoms with E-state index in [4.69, 9.17) is 9.47 Å². The van der Waals surface area contributed by atoms with E-state index in [1.54, 1.807) is 30.4 Å². The highest BCUT2D eigenvalue weighted by Gasteiger charge is 2.13. The number of carbonyl (C=O) groups excluding carboxylic acids is 2. The Labute approximate surface area is 183 Å². The fourth-order valence-electron chi connectivity index (χ4n) is 2.85. The topological polar surface area (TPSA) is 69.9 Å². The van der Waals surface area contributed by atoms with Gasteiger partial charge in [0.2, 0.25) is 5.91 Å². The van der Waals surface area contributed by atoms with Gasteiger partial charge in [0.05, 0.1) is 23.9 Å².